The summed E-state index contributed by atoms with van der Waals surface area (Å²) in [7, 11) is 0. The second-order valence-corrected chi connectivity index (χ2v) is 6.22. The van der Waals surface area contributed by atoms with Gasteiger partial charge in [-0.1, -0.05) is 25.7 Å². The van der Waals surface area contributed by atoms with Crippen LogP contribution in [0.25, 0.3) is 0 Å². The van der Waals surface area contributed by atoms with E-state index in [2.05, 4.69) is 11.4 Å². The first-order chi connectivity index (χ1) is 8.55. The minimum Gasteiger partial charge on any atom is -0.392 e. The van der Waals surface area contributed by atoms with Gasteiger partial charge in [0.1, 0.15) is 0 Å². The number of hydrogen-bond donors (Lipinski definition) is 2. The first-order valence-electron chi connectivity index (χ1n) is 7.38. The van der Waals surface area contributed by atoms with E-state index in [4.69, 9.17) is 5.26 Å². The van der Waals surface area contributed by atoms with Crippen molar-refractivity contribution in [1.29, 1.82) is 5.26 Å². The number of nitriles is 1. The van der Waals surface area contributed by atoms with Gasteiger partial charge >= 0.3 is 0 Å². The largest absolute Gasteiger partial charge is 0.392 e. The number of nitrogens with zero attached hydrogens (tertiary/aromatic N) is 1. The number of aliphatic hydroxyl groups excluding tert-OH is 1. The molecule has 1 rings (SSSR count). The van der Waals surface area contributed by atoms with Crippen molar-refractivity contribution in [2.45, 2.75) is 77.4 Å². The Morgan fingerprint density at radius 1 is 1.22 bits per heavy atom. The molecule has 2 N–H and O–H groups in total. The van der Waals surface area contributed by atoms with Crippen LogP contribution in [0.15, 0.2) is 0 Å². The van der Waals surface area contributed by atoms with Crippen LogP contribution < -0.4 is 5.32 Å². The topological polar surface area (TPSA) is 56.0 Å². The van der Waals surface area contributed by atoms with Crippen LogP contribution in [0.4, 0.5) is 0 Å². The summed E-state index contributed by atoms with van der Waals surface area (Å²) in [6, 6.07) is 2.62. The zero-order valence-corrected chi connectivity index (χ0v) is 11.9. The van der Waals surface area contributed by atoms with Crippen molar-refractivity contribution in [2.75, 3.05) is 6.54 Å². The minimum absolute atomic E-state index is 0.164. The van der Waals surface area contributed by atoms with E-state index in [9.17, 15) is 5.11 Å². The number of hydrogen-bond acceptors (Lipinski definition) is 3. The first kappa shape index (κ1) is 15.5. The summed E-state index contributed by atoms with van der Waals surface area (Å²) in [5.41, 5.74) is -0.193. The quantitative estimate of drug-likeness (QED) is 0.564. The molecular weight excluding hydrogens is 224 g/mol. The highest BCUT2D eigenvalue weighted by atomic mass is 16.3. The van der Waals surface area contributed by atoms with Crippen molar-refractivity contribution in [3.63, 3.8) is 0 Å². The third-order valence-corrected chi connectivity index (χ3v) is 3.92. The Labute approximate surface area is 112 Å². The van der Waals surface area contributed by atoms with Crippen LogP contribution in [0.3, 0.4) is 0 Å². The molecule has 3 heteroatoms. The van der Waals surface area contributed by atoms with Crippen LogP contribution in [-0.2, 0) is 0 Å². The molecule has 0 bridgehead atoms. The van der Waals surface area contributed by atoms with Crippen LogP contribution in [0.1, 0.15) is 65.2 Å². The molecular formula is C15H28N2O. The van der Waals surface area contributed by atoms with E-state index in [-0.39, 0.29) is 17.6 Å². The van der Waals surface area contributed by atoms with Crippen LogP contribution in [0.5, 0.6) is 0 Å². The molecule has 0 aromatic heterocycles. The standard InChI is InChI=1S/C15H28N2O/c1-15(2,12-16)10-6-7-11-17-13-8-4-3-5-9-14(13)18/h13-14,17-18H,3-11H2,1-2H3. The molecule has 2 unspecified atom stereocenters. The first-order valence-corrected chi connectivity index (χ1v) is 7.38. The summed E-state index contributed by atoms with van der Waals surface area (Å²) in [6.45, 7) is 4.95. The zero-order valence-electron chi connectivity index (χ0n) is 11.9. The molecule has 1 aliphatic carbocycles. The number of aliphatic hydroxyl groups is 1. The van der Waals surface area contributed by atoms with Gasteiger partial charge in [0.25, 0.3) is 0 Å². The Morgan fingerprint density at radius 2 is 1.94 bits per heavy atom. The minimum atomic E-state index is -0.193. The van der Waals surface area contributed by atoms with E-state index in [1.807, 2.05) is 13.8 Å². The molecule has 18 heavy (non-hydrogen) atoms. The molecule has 1 fully saturated rings. The molecule has 2 atom stereocenters. The molecule has 0 spiro atoms. The Kier molecular flexibility index (Phi) is 6.67. The third kappa shape index (κ3) is 5.84. The highest BCUT2D eigenvalue weighted by Gasteiger charge is 2.20. The Morgan fingerprint density at radius 3 is 2.67 bits per heavy atom. The van der Waals surface area contributed by atoms with Gasteiger partial charge in [-0.25, -0.2) is 0 Å². The third-order valence-electron chi connectivity index (χ3n) is 3.92. The molecule has 0 saturated heterocycles. The van der Waals surface area contributed by atoms with Gasteiger partial charge in [0.2, 0.25) is 0 Å². The highest BCUT2D eigenvalue weighted by molar-refractivity contribution is 4.91. The number of unbranched alkanes of at least 4 members (excludes halogenated alkanes) is 1. The van der Waals surface area contributed by atoms with Gasteiger partial charge in [-0.05, 0) is 46.1 Å². The SMILES string of the molecule is CC(C)(C#N)CCCCNC1CCCCCC1O. The van der Waals surface area contributed by atoms with E-state index in [1.54, 1.807) is 0 Å². The van der Waals surface area contributed by atoms with Crippen molar-refractivity contribution in [1.82, 2.24) is 5.32 Å². The maximum Gasteiger partial charge on any atom is 0.0693 e. The maximum atomic E-state index is 9.97. The normalized spacial score (nSPS) is 25.4. The smallest absolute Gasteiger partial charge is 0.0693 e. The average Bonchev–Trinajstić information content (AvgIpc) is 2.54. The Balaban J connectivity index is 2.12. The predicted molar refractivity (Wildman–Crippen MR) is 74.1 cm³/mol. The van der Waals surface area contributed by atoms with Gasteiger partial charge in [-0.2, -0.15) is 5.26 Å². The van der Waals surface area contributed by atoms with E-state index in [0.29, 0.717) is 0 Å². The van der Waals surface area contributed by atoms with Crippen LogP contribution >= 0.6 is 0 Å². The molecule has 0 radical (unpaired) electrons. The van der Waals surface area contributed by atoms with Crippen LogP contribution in [0, 0.1) is 16.7 Å². The van der Waals surface area contributed by atoms with E-state index in [1.165, 1.54) is 12.8 Å². The van der Waals surface area contributed by atoms with Crippen molar-refractivity contribution < 1.29 is 5.11 Å². The fraction of sp³-hybridized carbons (Fsp3) is 0.933. The van der Waals surface area contributed by atoms with Crippen molar-refractivity contribution in [2.24, 2.45) is 5.41 Å². The molecule has 0 heterocycles. The molecule has 0 aromatic carbocycles. The summed E-state index contributed by atoms with van der Waals surface area (Å²) in [5, 5.41) is 22.4. The van der Waals surface area contributed by atoms with Crippen molar-refractivity contribution in [3.8, 4) is 6.07 Å². The maximum absolute atomic E-state index is 9.97. The lowest BCUT2D eigenvalue weighted by atomic mass is 9.89. The summed E-state index contributed by atoms with van der Waals surface area (Å²) in [5.74, 6) is 0. The van der Waals surface area contributed by atoms with Crippen LogP contribution in [0.2, 0.25) is 0 Å². The summed E-state index contributed by atoms with van der Waals surface area (Å²) in [6.07, 6.45) is 8.66. The number of rotatable bonds is 6. The summed E-state index contributed by atoms with van der Waals surface area (Å²) < 4.78 is 0. The lowest BCUT2D eigenvalue weighted by Crippen LogP contribution is -2.39. The van der Waals surface area contributed by atoms with E-state index in [0.717, 1.165) is 45.1 Å². The van der Waals surface area contributed by atoms with Crippen molar-refractivity contribution >= 4 is 0 Å². The average molecular weight is 252 g/mol. The number of nitrogens with one attached hydrogen (secondary N) is 1. The monoisotopic (exact) mass is 252 g/mol. The molecule has 104 valence electrons. The molecule has 1 saturated carbocycles. The summed E-state index contributed by atoms with van der Waals surface area (Å²) in [4.78, 5) is 0. The fourth-order valence-electron chi connectivity index (χ4n) is 2.56. The van der Waals surface area contributed by atoms with Gasteiger partial charge in [-0.3, -0.25) is 0 Å². The Hall–Kier alpha value is -0.590. The van der Waals surface area contributed by atoms with Gasteiger partial charge in [0.15, 0.2) is 0 Å². The molecule has 1 aliphatic rings. The predicted octanol–water partition coefficient (Wildman–Crippen LogP) is 2.99. The van der Waals surface area contributed by atoms with E-state index < -0.39 is 0 Å². The highest BCUT2D eigenvalue weighted by Crippen LogP contribution is 2.22. The van der Waals surface area contributed by atoms with Gasteiger partial charge in [0.05, 0.1) is 17.6 Å². The zero-order chi connectivity index (χ0) is 13.4. The lowest BCUT2D eigenvalue weighted by Gasteiger charge is -2.22. The molecule has 0 aliphatic heterocycles. The lowest BCUT2D eigenvalue weighted by molar-refractivity contribution is 0.120. The van der Waals surface area contributed by atoms with Gasteiger partial charge in [-0.15, -0.1) is 0 Å². The summed E-state index contributed by atoms with van der Waals surface area (Å²) >= 11 is 0. The van der Waals surface area contributed by atoms with Crippen LogP contribution in [-0.4, -0.2) is 23.8 Å². The second-order valence-electron chi connectivity index (χ2n) is 6.22. The fourth-order valence-corrected chi connectivity index (χ4v) is 2.56. The van der Waals surface area contributed by atoms with Crippen molar-refractivity contribution in [3.05, 3.63) is 0 Å². The second kappa shape index (κ2) is 7.76. The molecule has 0 amide bonds. The molecule has 3 nitrogen and oxygen atoms in total. The molecule has 0 aromatic rings. The van der Waals surface area contributed by atoms with Gasteiger partial charge in [0, 0.05) is 6.04 Å². The van der Waals surface area contributed by atoms with E-state index >= 15 is 0 Å². The Bertz CT molecular complexity index is 270. The van der Waals surface area contributed by atoms with Gasteiger partial charge < -0.3 is 10.4 Å².